The van der Waals surface area contributed by atoms with Crippen LogP contribution in [0.15, 0.2) is 41.4 Å². The zero-order chi connectivity index (χ0) is 16.6. The van der Waals surface area contributed by atoms with Crippen LogP contribution in [0.1, 0.15) is 28.4 Å². The average Bonchev–Trinajstić information content (AvgIpc) is 2.82. The SMILES string of the molecule is CCn1c(=NC(=O)c2ccc(C)cc2C)sc2cc(Cl)ccc21. The lowest BCUT2D eigenvalue weighted by Gasteiger charge is -2.03. The van der Waals surface area contributed by atoms with E-state index in [2.05, 4.69) is 4.99 Å². The van der Waals surface area contributed by atoms with E-state index in [0.29, 0.717) is 15.4 Å². The summed E-state index contributed by atoms with van der Waals surface area (Å²) < 4.78 is 3.07. The highest BCUT2D eigenvalue weighted by atomic mass is 35.5. The number of rotatable bonds is 2. The third kappa shape index (κ3) is 3.09. The Hall–Kier alpha value is -1.91. The summed E-state index contributed by atoms with van der Waals surface area (Å²) in [6.07, 6.45) is 0. The van der Waals surface area contributed by atoms with Gasteiger partial charge in [-0.2, -0.15) is 4.99 Å². The summed E-state index contributed by atoms with van der Waals surface area (Å²) in [6.45, 7) is 6.75. The number of hydrogen-bond acceptors (Lipinski definition) is 2. The van der Waals surface area contributed by atoms with E-state index in [0.717, 1.165) is 27.9 Å². The van der Waals surface area contributed by atoms with Crippen molar-refractivity contribution >= 4 is 39.1 Å². The van der Waals surface area contributed by atoms with E-state index >= 15 is 0 Å². The van der Waals surface area contributed by atoms with E-state index in [4.69, 9.17) is 11.6 Å². The van der Waals surface area contributed by atoms with Crippen molar-refractivity contribution in [3.8, 4) is 0 Å². The van der Waals surface area contributed by atoms with Crippen molar-refractivity contribution in [3.63, 3.8) is 0 Å². The van der Waals surface area contributed by atoms with E-state index in [9.17, 15) is 4.79 Å². The van der Waals surface area contributed by atoms with Gasteiger partial charge >= 0.3 is 0 Å². The van der Waals surface area contributed by atoms with Crippen LogP contribution in [-0.2, 0) is 6.54 Å². The van der Waals surface area contributed by atoms with E-state index in [1.54, 1.807) is 0 Å². The first-order valence-electron chi connectivity index (χ1n) is 7.45. The fraction of sp³-hybridized carbons (Fsp3) is 0.222. The number of hydrogen-bond donors (Lipinski definition) is 0. The van der Waals surface area contributed by atoms with Gasteiger partial charge in [-0.25, -0.2) is 0 Å². The second-order valence-electron chi connectivity index (χ2n) is 5.48. The molecule has 3 nitrogen and oxygen atoms in total. The molecule has 0 N–H and O–H groups in total. The third-order valence-corrected chi connectivity index (χ3v) is 5.05. The van der Waals surface area contributed by atoms with Gasteiger partial charge in [-0.15, -0.1) is 0 Å². The second-order valence-corrected chi connectivity index (χ2v) is 6.92. The molecular formula is C18H17ClN2OS. The molecule has 3 aromatic rings. The van der Waals surface area contributed by atoms with Gasteiger partial charge in [0.15, 0.2) is 4.80 Å². The highest BCUT2D eigenvalue weighted by molar-refractivity contribution is 7.16. The number of fused-ring (bicyclic) bond motifs is 1. The first-order valence-corrected chi connectivity index (χ1v) is 8.64. The molecule has 0 saturated carbocycles. The minimum Gasteiger partial charge on any atom is -0.317 e. The Bertz CT molecular complexity index is 969. The fourth-order valence-corrected chi connectivity index (χ4v) is 4.01. The van der Waals surface area contributed by atoms with Gasteiger partial charge in [0.2, 0.25) is 0 Å². The van der Waals surface area contributed by atoms with Gasteiger partial charge in [0.1, 0.15) is 0 Å². The predicted molar refractivity (Wildman–Crippen MR) is 96.3 cm³/mol. The molecule has 1 heterocycles. The summed E-state index contributed by atoms with van der Waals surface area (Å²) in [7, 11) is 0. The van der Waals surface area contributed by atoms with Gasteiger partial charge in [0, 0.05) is 17.1 Å². The lowest BCUT2D eigenvalue weighted by molar-refractivity contribution is 0.0997. The minimum atomic E-state index is -0.206. The van der Waals surface area contributed by atoms with Gasteiger partial charge in [-0.1, -0.05) is 40.6 Å². The van der Waals surface area contributed by atoms with Crippen LogP contribution in [0, 0.1) is 13.8 Å². The summed E-state index contributed by atoms with van der Waals surface area (Å²) in [4.78, 5) is 17.6. The molecule has 0 unspecified atom stereocenters. The van der Waals surface area contributed by atoms with Crippen LogP contribution in [0.4, 0.5) is 0 Å². The molecule has 1 amide bonds. The molecule has 3 rings (SSSR count). The number of carbonyl (C=O) groups excluding carboxylic acids is 1. The quantitative estimate of drug-likeness (QED) is 0.661. The predicted octanol–water partition coefficient (Wildman–Crippen LogP) is 4.73. The fourth-order valence-electron chi connectivity index (χ4n) is 2.64. The van der Waals surface area contributed by atoms with Gasteiger partial charge in [0.05, 0.1) is 10.2 Å². The number of thiazole rings is 1. The highest BCUT2D eigenvalue weighted by Crippen LogP contribution is 2.22. The molecular weight excluding hydrogens is 328 g/mol. The zero-order valence-electron chi connectivity index (χ0n) is 13.3. The summed E-state index contributed by atoms with van der Waals surface area (Å²) in [5.74, 6) is -0.206. The van der Waals surface area contributed by atoms with Gasteiger partial charge in [-0.05, 0) is 50.6 Å². The molecule has 0 radical (unpaired) electrons. The Labute approximate surface area is 143 Å². The van der Waals surface area contributed by atoms with E-state index < -0.39 is 0 Å². The number of amides is 1. The molecule has 0 atom stereocenters. The molecule has 0 saturated heterocycles. The van der Waals surface area contributed by atoms with Crippen LogP contribution < -0.4 is 4.80 Å². The van der Waals surface area contributed by atoms with Gasteiger partial charge in [0.25, 0.3) is 5.91 Å². The molecule has 23 heavy (non-hydrogen) atoms. The van der Waals surface area contributed by atoms with Crippen molar-refractivity contribution in [1.29, 1.82) is 0 Å². The van der Waals surface area contributed by atoms with Crippen LogP contribution in [-0.4, -0.2) is 10.5 Å². The smallest absolute Gasteiger partial charge is 0.279 e. The molecule has 0 aliphatic rings. The maximum atomic E-state index is 12.6. The molecule has 5 heteroatoms. The molecule has 1 aromatic heterocycles. The van der Waals surface area contributed by atoms with E-state index in [1.807, 2.05) is 61.7 Å². The van der Waals surface area contributed by atoms with Gasteiger partial charge < -0.3 is 4.57 Å². The maximum Gasteiger partial charge on any atom is 0.279 e. The summed E-state index contributed by atoms with van der Waals surface area (Å²) in [5.41, 5.74) is 3.79. The van der Waals surface area contributed by atoms with Crippen LogP contribution >= 0.6 is 22.9 Å². The van der Waals surface area contributed by atoms with Gasteiger partial charge in [-0.3, -0.25) is 4.79 Å². The van der Waals surface area contributed by atoms with Crippen molar-refractivity contribution in [2.45, 2.75) is 27.3 Å². The lowest BCUT2D eigenvalue weighted by Crippen LogP contribution is -2.16. The lowest BCUT2D eigenvalue weighted by atomic mass is 10.1. The Balaban J connectivity index is 2.15. The zero-order valence-corrected chi connectivity index (χ0v) is 14.8. The van der Waals surface area contributed by atoms with Crippen LogP contribution in [0.5, 0.6) is 0 Å². The van der Waals surface area contributed by atoms with Crippen LogP contribution in [0.3, 0.4) is 0 Å². The first-order chi connectivity index (χ1) is 11.0. The van der Waals surface area contributed by atoms with E-state index in [1.165, 1.54) is 11.3 Å². The number of halogens is 1. The molecule has 0 bridgehead atoms. The minimum absolute atomic E-state index is 0.206. The molecule has 118 valence electrons. The summed E-state index contributed by atoms with van der Waals surface area (Å²) in [5, 5.41) is 0.689. The first kappa shape index (κ1) is 16.0. The Morgan fingerprint density at radius 2 is 2.00 bits per heavy atom. The topological polar surface area (TPSA) is 34.4 Å². The largest absolute Gasteiger partial charge is 0.317 e. The summed E-state index contributed by atoms with van der Waals surface area (Å²) in [6, 6.07) is 11.5. The molecule has 0 fully saturated rings. The summed E-state index contributed by atoms with van der Waals surface area (Å²) >= 11 is 7.55. The van der Waals surface area contributed by atoms with Crippen molar-refractivity contribution in [2.24, 2.45) is 4.99 Å². The van der Waals surface area contributed by atoms with Crippen molar-refractivity contribution in [1.82, 2.24) is 4.57 Å². The van der Waals surface area contributed by atoms with Crippen molar-refractivity contribution < 1.29 is 4.79 Å². The average molecular weight is 345 g/mol. The third-order valence-electron chi connectivity index (χ3n) is 3.77. The molecule has 0 aliphatic carbocycles. The van der Waals surface area contributed by atoms with Crippen LogP contribution in [0.25, 0.3) is 10.2 Å². The number of aromatic nitrogens is 1. The highest BCUT2D eigenvalue weighted by Gasteiger charge is 2.10. The number of nitrogens with zero attached hydrogens (tertiary/aromatic N) is 2. The second kappa shape index (κ2) is 6.30. The number of carbonyl (C=O) groups is 1. The van der Waals surface area contributed by atoms with Crippen LogP contribution in [0.2, 0.25) is 5.02 Å². The van der Waals surface area contributed by atoms with Crippen molar-refractivity contribution in [2.75, 3.05) is 0 Å². The van der Waals surface area contributed by atoms with Crippen molar-refractivity contribution in [3.05, 3.63) is 62.9 Å². The number of benzene rings is 2. The normalized spacial score (nSPS) is 12.1. The molecule has 2 aromatic carbocycles. The van der Waals surface area contributed by atoms with E-state index in [-0.39, 0.29) is 5.91 Å². The standard InChI is InChI=1S/C18H17ClN2OS/c1-4-21-15-8-6-13(19)10-16(15)23-18(21)20-17(22)14-7-5-11(2)9-12(14)3/h5-10H,4H2,1-3H3. The molecule has 0 aliphatic heterocycles. The monoisotopic (exact) mass is 344 g/mol. The maximum absolute atomic E-state index is 12.6. The Morgan fingerprint density at radius 3 is 2.70 bits per heavy atom. The molecule has 0 spiro atoms. The number of aryl methyl sites for hydroxylation is 3. The Morgan fingerprint density at radius 1 is 1.22 bits per heavy atom. The Kier molecular flexibility index (Phi) is 4.37.